The number of hydrogen-bond donors (Lipinski definition) is 2. The molecule has 0 atom stereocenters. The highest BCUT2D eigenvalue weighted by atomic mass is 127. The van der Waals surface area contributed by atoms with Crippen LogP contribution in [0.2, 0.25) is 0 Å². The Morgan fingerprint density at radius 2 is 1.93 bits per heavy atom. The lowest BCUT2D eigenvalue weighted by Crippen LogP contribution is -2.54. The van der Waals surface area contributed by atoms with Gasteiger partial charge in [0, 0.05) is 39.3 Å². The summed E-state index contributed by atoms with van der Waals surface area (Å²) in [5.41, 5.74) is 0. The zero-order valence-electron chi connectivity index (χ0n) is 16.1. The minimum absolute atomic E-state index is 0. The zero-order valence-corrected chi connectivity index (χ0v) is 20.1. The minimum atomic E-state index is -3.47. The Labute approximate surface area is 187 Å². The lowest BCUT2D eigenvalue weighted by atomic mass is 10.3. The van der Waals surface area contributed by atoms with Crippen LogP contribution in [-0.4, -0.2) is 82.7 Å². The summed E-state index contributed by atoms with van der Waals surface area (Å²) in [6.45, 7) is 7.80. The van der Waals surface area contributed by atoms with Gasteiger partial charge in [-0.2, -0.15) is 0 Å². The normalized spacial score (nSPS) is 15.1. The first-order valence-corrected chi connectivity index (χ1v) is 11.3. The van der Waals surface area contributed by atoms with Crippen molar-refractivity contribution in [3.05, 3.63) is 17.5 Å². The molecular weight excluding hydrogens is 517 g/mol. The van der Waals surface area contributed by atoms with E-state index in [1.807, 2.05) is 6.92 Å². The van der Waals surface area contributed by atoms with Crippen LogP contribution in [0.4, 0.5) is 4.79 Å². The van der Waals surface area contributed by atoms with Gasteiger partial charge < -0.3 is 19.9 Å². The molecule has 1 aliphatic rings. The van der Waals surface area contributed by atoms with E-state index in [0.29, 0.717) is 50.1 Å². The van der Waals surface area contributed by atoms with Gasteiger partial charge in [-0.25, -0.2) is 17.9 Å². The monoisotopic (exact) mass is 545 g/mol. The van der Waals surface area contributed by atoms with Crippen LogP contribution in [0.1, 0.15) is 13.8 Å². The van der Waals surface area contributed by atoms with Gasteiger partial charge in [0.05, 0.1) is 13.2 Å². The van der Waals surface area contributed by atoms with Crippen molar-refractivity contribution in [1.82, 2.24) is 19.8 Å². The molecule has 0 radical (unpaired) electrons. The van der Waals surface area contributed by atoms with E-state index in [1.165, 1.54) is 11.3 Å². The molecule has 12 heteroatoms. The highest BCUT2D eigenvalue weighted by Gasteiger charge is 2.23. The second-order valence-electron chi connectivity index (χ2n) is 5.74. The van der Waals surface area contributed by atoms with Gasteiger partial charge in [0.1, 0.15) is 4.21 Å². The molecule has 9 nitrogen and oxygen atoms in total. The van der Waals surface area contributed by atoms with Crippen LogP contribution in [0, 0.1) is 0 Å². The molecule has 0 bridgehead atoms. The third kappa shape index (κ3) is 7.37. The maximum atomic E-state index is 12.1. The third-order valence-electron chi connectivity index (χ3n) is 3.87. The number of sulfonamides is 1. The number of piperazine rings is 1. The second kappa shape index (κ2) is 12.4. The molecule has 1 aromatic heterocycles. The molecular formula is C16H28IN5O4S2. The quantitative estimate of drug-likeness (QED) is 0.232. The van der Waals surface area contributed by atoms with Crippen LogP contribution in [-0.2, 0) is 14.8 Å². The van der Waals surface area contributed by atoms with Crippen LogP contribution >= 0.6 is 35.3 Å². The zero-order chi connectivity index (χ0) is 19.7. The summed E-state index contributed by atoms with van der Waals surface area (Å²) in [5.74, 6) is 0.719. The molecule has 2 rings (SSSR count). The van der Waals surface area contributed by atoms with Crippen molar-refractivity contribution in [2.75, 3.05) is 52.4 Å². The van der Waals surface area contributed by atoms with E-state index in [-0.39, 0.29) is 36.6 Å². The fourth-order valence-electron chi connectivity index (χ4n) is 2.57. The number of carbonyl (C=O) groups excluding carboxylic acids is 1. The highest BCUT2D eigenvalue weighted by Crippen LogP contribution is 2.14. The number of nitrogens with zero attached hydrogens (tertiary/aromatic N) is 3. The number of guanidine groups is 1. The Bertz CT molecular complexity index is 719. The van der Waals surface area contributed by atoms with Crippen LogP contribution < -0.4 is 10.0 Å². The van der Waals surface area contributed by atoms with E-state index in [4.69, 9.17) is 4.74 Å². The molecule has 1 saturated heterocycles. The molecule has 0 aromatic carbocycles. The molecule has 1 fully saturated rings. The van der Waals surface area contributed by atoms with E-state index in [0.717, 1.165) is 5.96 Å². The molecule has 2 heterocycles. The van der Waals surface area contributed by atoms with Gasteiger partial charge in [-0.3, -0.25) is 4.99 Å². The topological polar surface area (TPSA) is 103 Å². The summed E-state index contributed by atoms with van der Waals surface area (Å²) in [6.07, 6.45) is -0.290. The Hall–Kier alpha value is -1.12. The van der Waals surface area contributed by atoms with Crippen molar-refractivity contribution in [2.45, 2.75) is 18.1 Å². The number of carbonyl (C=O) groups is 1. The molecule has 0 aliphatic carbocycles. The molecule has 1 amide bonds. The molecule has 160 valence electrons. The smallest absolute Gasteiger partial charge is 0.409 e. The predicted octanol–water partition coefficient (Wildman–Crippen LogP) is 1.38. The Kier molecular flexibility index (Phi) is 11.1. The number of amides is 1. The maximum absolute atomic E-state index is 12.1. The van der Waals surface area contributed by atoms with Gasteiger partial charge in [-0.15, -0.1) is 35.3 Å². The van der Waals surface area contributed by atoms with Crippen molar-refractivity contribution < 1.29 is 17.9 Å². The van der Waals surface area contributed by atoms with Gasteiger partial charge in [-0.05, 0) is 25.3 Å². The summed E-state index contributed by atoms with van der Waals surface area (Å²) in [7, 11) is -3.47. The number of aliphatic imine (C=N–C) groups is 1. The Balaban J connectivity index is 0.00000392. The minimum Gasteiger partial charge on any atom is -0.450 e. The van der Waals surface area contributed by atoms with Crippen LogP contribution in [0.5, 0.6) is 0 Å². The van der Waals surface area contributed by atoms with Gasteiger partial charge in [0.2, 0.25) is 10.0 Å². The van der Waals surface area contributed by atoms with Crippen molar-refractivity contribution in [3.8, 4) is 0 Å². The molecule has 2 N–H and O–H groups in total. The Morgan fingerprint density at radius 3 is 2.50 bits per heavy atom. The number of hydrogen-bond acceptors (Lipinski definition) is 6. The van der Waals surface area contributed by atoms with Crippen molar-refractivity contribution in [2.24, 2.45) is 4.99 Å². The standard InChI is InChI=1S/C16H27N5O4S2.HI/c1-3-17-15(20-9-11-21(12-10-20)16(22)25-4-2)18-7-8-19-27(23,24)14-6-5-13-26-14;/h5-6,13,19H,3-4,7-12H2,1-2H3,(H,17,18);1H. The van der Waals surface area contributed by atoms with Gasteiger partial charge in [0.25, 0.3) is 0 Å². The van der Waals surface area contributed by atoms with Gasteiger partial charge in [-0.1, -0.05) is 6.07 Å². The molecule has 0 unspecified atom stereocenters. The van der Waals surface area contributed by atoms with Gasteiger partial charge >= 0.3 is 6.09 Å². The number of rotatable bonds is 7. The first-order valence-electron chi connectivity index (χ1n) is 8.96. The fourth-order valence-corrected chi connectivity index (χ4v) is 4.63. The largest absolute Gasteiger partial charge is 0.450 e. The molecule has 28 heavy (non-hydrogen) atoms. The van der Waals surface area contributed by atoms with E-state index in [9.17, 15) is 13.2 Å². The molecule has 1 aromatic rings. The maximum Gasteiger partial charge on any atom is 0.409 e. The third-order valence-corrected chi connectivity index (χ3v) is 6.72. The highest BCUT2D eigenvalue weighted by molar-refractivity contribution is 14.0. The summed E-state index contributed by atoms with van der Waals surface area (Å²) < 4.78 is 32.1. The lowest BCUT2D eigenvalue weighted by Gasteiger charge is -2.35. The first-order chi connectivity index (χ1) is 13.0. The SMILES string of the molecule is CCNC(=NCCNS(=O)(=O)c1cccs1)N1CCN(C(=O)OCC)CC1.I. The second-order valence-corrected chi connectivity index (χ2v) is 8.68. The van der Waals surface area contributed by atoms with Crippen molar-refractivity contribution >= 4 is 57.4 Å². The summed E-state index contributed by atoms with van der Waals surface area (Å²) in [4.78, 5) is 20.0. The summed E-state index contributed by atoms with van der Waals surface area (Å²) in [6, 6.07) is 3.28. The molecule has 0 saturated carbocycles. The van der Waals surface area contributed by atoms with E-state index < -0.39 is 10.0 Å². The average molecular weight is 545 g/mol. The first kappa shape index (κ1) is 24.9. The van der Waals surface area contributed by atoms with E-state index in [2.05, 4.69) is 19.9 Å². The summed E-state index contributed by atoms with van der Waals surface area (Å²) >= 11 is 1.18. The molecule has 0 spiro atoms. The predicted molar refractivity (Wildman–Crippen MR) is 121 cm³/mol. The fraction of sp³-hybridized carbons (Fsp3) is 0.625. The van der Waals surface area contributed by atoms with Crippen molar-refractivity contribution in [1.29, 1.82) is 0 Å². The molecule has 1 aliphatic heterocycles. The van der Waals surface area contributed by atoms with Crippen LogP contribution in [0.25, 0.3) is 0 Å². The average Bonchev–Trinajstić information content (AvgIpc) is 3.20. The summed E-state index contributed by atoms with van der Waals surface area (Å²) in [5, 5.41) is 4.94. The van der Waals surface area contributed by atoms with Crippen LogP contribution in [0.15, 0.2) is 26.7 Å². The Morgan fingerprint density at radius 1 is 1.25 bits per heavy atom. The number of thiophene rings is 1. The van der Waals surface area contributed by atoms with Crippen molar-refractivity contribution in [3.63, 3.8) is 0 Å². The lowest BCUT2D eigenvalue weighted by molar-refractivity contribution is 0.0914. The van der Waals surface area contributed by atoms with Gasteiger partial charge in [0.15, 0.2) is 5.96 Å². The number of ether oxygens (including phenoxy) is 1. The van der Waals surface area contributed by atoms with Crippen LogP contribution in [0.3, 0.4) is 0 Å². The van der Waals surface area contributed by atoms with E-state index in [1.54, 1.807) is 29.3 Å². The number of nitrogens with one attached hydrogen (secondary N) is 2. The number of halogens is 1. The van der Waals surface area contributed by atoms with E-state index >= 15 is 0 Å².